The summed E-state index contributed by atoms with van der Waals surface area (Å²) in [5, 5.41) is 8.30. The van der Waals surface area contributed by atoms with Crippen LogP contribution in [-0.2, 0) is 9.59 Å². The van der Waals surface area contributed by atoms with E-state index in [1.54, 1.807) is 0 Å². The SMILES string of the molecule is CNC(=O)C(=O)NC(C)C1CCNCC1. The molecule has 1 fully saturated rings. The first-order valence-corrected chi connectivity index (χ1v) is 5.38. The Labute approximate surface area is 90.0 Å². The highest BCUT2D eigenvalue weighted by Gasteiger charge is 2.23. The maximum Gasteiger partial charge on any atom is 0.309 e. The number of hydrogen-bond donors (Lipinski definition) is 3. The van der Waals surface area contributed by atoms with E-state index in [1.165, 1.54) is 7.05 Å². The Bertz CT molecular complexity index is 237. The van der Waals surface area contributed by atoms with Crippen LogP contribution < -0.4 is 16.0 Å². The molecule has 1 unspecified atom stereocenters. The molecule has 2 amide bonds. The number of nitrogens with one attached hydrogen (secondary N) is 3. The molecule has 0 radical (unpaired) electrons. The molecule has 3 N–H and O–H groups in total. The maximum atomic E-state index is 11.3. The lowest BCUT2D eigenvalue weighted by Gasteiger charge is -2.28. The van der Waals surface area contributed by atoms with Crippen molar-refractivity contribution in [1.29, 1.82) is 0 Å². The Morgan fingerprint density at radius 1 is 1.27 bits per heavy atom. The first-order chi connectivity index (χ1) is 7.15. The van der Waals surface area contributed by atoms with Crippen molar-refractivity contribution in [2.75, 3.05) is 20.1 Å². The van der Waals surface area contributed by atoms with Crippen LogP contribution in [0.5, 0.6) is 0 Å². The van der Waals surface area contributed by atoms with Gasteiger partial charge in [0.2, 0.25) is 0 Å². The molecule has 0 aromatic rings. The number of piperidine rings is 1. The van der Waals surface area contributed by atoms with Gasteiger partial charge < -0.3 is 16.0 Å². The lowest BCUT2D eigenvalue weighted by Crippen LogP contribution is -2.47. The van der Waals surface area contributed by atoms with Crippen LogP contribution in [0.4, 0.5) is 0 Å². The van der Waals surface area contributed by atoms with E-state index < -0.39 is 11.8 Å². The summed E-state index contributed by atoms with van der Waals surface area (Å²) in [7, 11) is 1.46. The molecule has 1 atom stereocenters. The molecule has 1 aliphatic heterocycles. The van der Waals surface area contributed by atoms with Gasteiger partial charge in [-0.3, -0.25) is 9.59 Å². The summed E-state index contributed by atoms with van der Waals surface area (Å²) < 4.78 is 0. The van der Waals surface area contributed by atoms with Gasteiger partial charge in [-0.05, 0) is 38.8 Å². The van der Waals surface area contributed by atoms with Crippen molar-refractivity contribution in [3.05, 3.63) is 0 Å². The van der Waals surface area contributed by atoms with Crippen LogP contribution in [0.15, 0.2) is 0 Å². The smallest absolute Gasteiger partial charge is 0.309 e. The predicted molar refractivity (Wildman–Crippen MR) is 57.3 cm³/mol. The Hall–Kier alpha value is -1.10. The highest BCUT2D eigenvalue weighted by molar-refractivity contribution is 6.35. The minimum absolute atomic E-state index is 0.0666. The molecule has 0 spiro atoms. The van der Waals surface area contributed by atoms with E-state index in [-0.39, 0.29) is 6.04 Å². The number of amides is 2. The molecule has 0 saturated carbocycles. The van der Waals surface area contributed by atoms with Crippen LogP contribution in [0.25, 0.3) is 0 Å². The summed E-state index contributed by atoms with van der Waals surface area (Å²) in [6.45, 7) is 3.94. The van der Waals surface area contributed by atoms with Gasteiger partial charge >= 0.3 is 11.8 Å². The fraction of sp³-hybridized carbons (Fsp3) is 0.800. The lowest BCUT2D eigenvalue weighted by atomic mass is 9.91. The second-order valence-corrected chi connectivity index (χ2v) is 3.93. The molecule has 5 heteroatoms. The second kappa shape index (κ2) is 5.70. The minimum Gasteiger partial charge on any atom is -0.351 e. The Morgan fingerprint density at radius 2 is 1.87 bits per heavy atom. The third kappa shape index (κ3) is 3.51. The molecule has 1 heterocycles. The van der Waals surface area contributed by atoms with Gasteiger partial charge in [0, 0.05) is 13.1 Å². The van der Waals surface area contributed by atoms with Gasteiger partial charge in [-0.15, -0.1) is 0 Å². The van der Waals surface area contributed by atoms with Crippen LogP contribution in [0.2, 0.25) is 0 Å². The molecule has 15 heavy (non-hydrogen) atoms. The molecule has 86 valence electrons. The fourth-order valence-electron chi connectivity index (χ4n) is 1.85. The van der Waals surface area contributed by atoms with Crippen molar-refractivity contribution in [2.45, 2.75) is 25.8 Å². The molecule has 0 bridgehead atoms. The van der Waals surface area contributed by atoms with E-state index in [0.717, 1.165) is 25.9 Å². The fourth-order valence-corrected chi connectivity index (χ4v) is 1.85. The Morgan fingerprint density at radius 3 is 2.40 bits per heavy atom. The highest BCUT2D eigenvalue weighted by atomic mass is 16.2. The van der Waals surface area contributed by atoms with Gasteiger partial charge in [-0.25, -0.2) is 0 Å². The van der Waals surface area contributed by atoms with Crippen LogP contribution in [0, 0.1) is 5.92 Å². The van der Waals surface area contributed by atoms with Crippen LogP contribution in [-0.4, -0.2) is 38.0 Å². The van der Waals surface area contributed by atoms with Crippen molar-refractivity contribution in [1.82, 2.24) is 16.0 Å². The molecule has 0 aromatic carbocycles. The van der Waals surface area contributed by atoms with Gasteiger partial charge in [-0.1, -0.05) is 0 Å². The number of hydrogen-bond acceptors (Lipinski definition) is 3. The summed E-state index contributed by atoms with van der Waals surface area (Å²) in [5.74, 6) is -0.640. The Kier molecular flexibility index (Phi) is 4.55. The van der Waals surface area contributed by atoms with Crippen molar-refractivity contribution >= 4 is 11.8 Å². The number of carbonyl (C=O) groups excluding carboxylic acids is 2. The zero-order valence-corrected chi connectivity index (χ0v) is 9.30. The predicted octanol–water partition coefficient (Wildman–Crippen LogP) is -0.763. The summed E-state index contributed by atoms with van der Waals surface area (Å²) in [6, 6.07) is 0.0666. The summed E-state index contributed by atoms with van der Waals surface area (Å²) in [5.41, 5.74) is 0. The molecule has 0 aromatic heterocycles. The average molecular weight is 213 g/mol. The lowest BCUT2D eigenvalue weighted by molar-refractivity contribution is -0.139. The van der Waals surface area contributed by atoms with Gasteiger partial charge in [0.1, 0.15) is 0 Å². The zero-order valence-electron chi connectivity index (χ0n) is 9.30. The molecule has 0 aliphatic carbocycles. The van der Waals surface area contributed by atoms with Crippen molar-refractivity contribution in [2.24, 2.45) is 5.92 Å². The molecular formula is C10H19N3O2. The van der Waals surface area contributed by atoms with Gasteiger partial charge in [0.05, 0.1) is 0 Å². The van der Waals surface area contributed by atoms with E-state index in [9.17, 15) is 9.59 Å². The minimum atomic E-state index is -0.573. The standard InChI is InChI=1S/C10H19N3O2/c1-7(8-3-5-12-6-4-8)13-10(15)9(14)11-2/h7-8,12H,3-6H2,1-2H3,(H,11,14)(H,13,15). The third-order valence-electron chi connectivity index (χ3n) is 2.88. The second-order valence-electron chi connectivity index (χ2n) is 3.93. The summed E-state index contributed by atoms with van der Waals surface area (Å²) >= 11 is 0. The first kappa shape index (κ1) is 12.0. The average Bonchev–Trinajstić information content (AvgIpc) is 2.29. The molecule has 5 nitrogen and oxygen atoms in total. The van der Waals surface area contributed by atoms with E-state index in [1.807, 2.05) is 6.92 Å². The molecule has 1 aliphatic rings. The van der Waals surface area contributed by atoms with Crippen LogP contribution in [0.1, 0.15) is 19.8 Å². The van der Waals surface area contributed by atoms with Gasteiger partial charge in [0.25, 0.3) is 0 Å². The monoisotopic (exact) mass is 213 g/mol. The number of likely N-dealkylation sites (N-methyl/N-ethyl adjacent to an activating group) is 1. The van der Waals surface area contributed by atoms with Crippen molar-refractivity contribution < 1.29 is 9.59 Å². The Balaban J connectivity index is 2.36. The van der Waals surface area contributed by atoms with Crippen molar-refractivity contribution in [3.8, 4) is 0 Å². The molecule has 1 rings (SSSR count). The van der Waals surface area contributed by atoms with E-state index >= 15 is 0 Å². The third-order valence-corrected chi connectivity index (χ3v) is 2.88. The van der Waals surface area contributed by atoms with E-state index in [0.29, 0.717) is 5.92 Å². The first-order valence-electron chi connectivity index (χ1n) is 5.38. The topological polar surface area (TPSA) is 70.2 Å². The maximum absolute atomic E-state index is 11.3. The van der Waals surface area contributed by atoms with E-state index in [2.05, 4.69) is 16.0 Å². The number of carbonyl (C=O) groups is 2. The quantitative estimate of drug-likeness (QED) is 0.528. The highest BCUT2D eigenvalue weighted by Crippen LogP contribution is 2.15. The summed E-state index contributed by atoms with van der Waals surface area (Å²) in [4.78, 5) is 22.3. The summed E-state index contributed by atoms with van der Waals surface area (Å²) in [6.07, 6.45) is 2.10. The van der Waals surface area contributed by atoms with Crippen LogP contribution in [0.3, 0.4) is 0 Å². The molecular weight excluding hydrogens is 194 g/mol. The molecule has 1 saturated heterocycles. The van der Waals surface area contributed by atoms with Gasteiger partial charge in [0.15, 0.2) is 0 Å². The zero-order chi connectivity index (χ0) is 11.3. The largest absolute Gasteiger partial charge is 0.351 e. The van der Waals surface area contributed by atoms with Crippen LogP contribution >= 0.6 is 0 Å². The number of rotatable bonds is 2. The van der Waals surface area contributed by atoms with Crippen molar-refractivity contribution in [3.63, 3.8) is 0 Å². The van der Waals surface area contributed by atoms with Gasteiger partial charge in [-0.2, -0.15) is 0 Å². The van der Waals surface area contributed by atoms with E-state index in [4.69, 9.17) is 0 Å². The normalized spacial score (nSPS) is 19.3.